The zero-order valence-corrected chi connectivity index (χ0v) is 11.7. The highest BCUT2D eigenvalue weighted by Gasteiger charge is 2.16. The number of rotatable bonds is 3. The number of halogens is 1. The Kier molecular flexibility index (Phi) is 4.45. The lowest BCUT2D eigenvalue weighted by atomic mass is 10.2. The number of esters is 1. The van der Waals surface area contributed by atoms with Crippen molar-refractivity contribution in [2.24, 2.45) is 0 Å². The second kappa shape index (κ2) is 5.44. The second-order valence-electron chi connectivity index (χ2n) is 4.58. The van der Waals surface area contributed by atoms with Gasteiger partial charge in [-0.15, -0.1) is 0 Å². The Morgan fingerprint density at radius 2 is 2.18 bits per heavy atom. The molecule has 0 unspecified atom stereocenters. The van der Waals surface area contributed by atoms with Crippen LogP contribution in [0, 0.1) is 0 Å². The van der Waals surface area contributed by atoms with E-state index in [0.717, 1.165) is 0 Å². The zero-order valence-electron chi connectivity index (χ0n) is 10.1. The summed E-state index contributed by atoms with van der Waals surface area (Å²) >= 11 is 3.09. The molecule has 6 heteroatoms. The minimum atomic E-state index is -0.502. The van der Waals surface area contributed by atoms with Gasteiger partial charge in [0, 0.05) is 12.7 Å². The predicted octanol–water partition coefficient (Wildman–Crippen LogP) is 1.74. The Morgan fingerprint density at radius 1 is 1.53 bits per heavy atom. The molecule has 1 rings (SSSR count). The highest BCUT2D eigenvalue weighted by Crippen LogP contribution is 2.08. The van der Waals surface area contributed by atoms with E-state index in [-0.39, 0.29) is 24.5 Å². The van der Waals surface area contributed by atoms with Gasteiger partial charge >= 0.3 is 5.97 Å². The Hall–Kier alpha value is -1.17. The van der Waals surface area contributed by atoms with Crippen molar-refractivity contribution in [2.75, 3.05) is 0 Å². The molecule has 0 fully saturated rings. The van der Waals surface area contributed by atoms with Crippen molar-refractivity contribution in [3.63, 3.8) is 0 Å². The van der Waals surface area contributed by atoms with Crippen LogP contribution in [0.1, 0.15) is 27.2 Å². The molecule has 94 valence electrons. The summed E-state index contributed by atoms with van der Waals surface area (Å²) in [5, 5.41) is 0. The molecule has 0 spiro atoms. The van der Waals surface area contributed by atoms with Crippen LogP contribution in [0.25, 0.3) is 0 Å². The summed E-state index contributed by atoms with van der Waals surface area (Å²) in [6, 6.07) is 0. The highest BCUT2D eigenvalue weighted by molar-refractivity contribution is 9.10. The third-order valence-corrected chi connectivity index (χ3v) is 2.38. The van der Waals surface area contributed by atoms with Gasteiger partial charge in [-0.1, -0.05) is 0 Å². The van der Waals surface area contributed by atoms with Crippen LogP contribution >= 0.6 is 15.9 Å². The fourth-order valence-electron chi connectivity index (χ4n) is 1.19. The van der Waals surface area contributed by atoms with Crippen molar-refractivity contribution in [1.82, 2.24) is 9.55 Å². The van der Waals surface area contributed by atoms with Gasteiger partial charge in [-0.25, -0.2) is 4.98 Å². The smallest absolute Gasteiger partial charge is 0.308 e. The fourth-order valence-corrected chi connectivity index (χ4v) is 1.53. The molecule has 0 aliphatic heterocycles. The molecule has 0 radical (unpaired) electrons. The first-order valence-electron chi connectivity index (χ1n) is 5.21. The summed E-state index contributed by atoms with van der Waals surface area (Å²) < 4.78 is 6.89. The van der Waals surface area contributed by atoms with Crippen molar-refractivity contribution in [1.29, 1.82) is 0 Å². The van der Waals surface area contributed by atoms with E-state index in [1.807, 2.05) is 0 Å². The van der Waals surface area contributed by atoms with Gasteiger partial charge in [-0.2, -0.15) is 0 Å². The Balaban J connectivity index is 2.60. The van der Waals surface area contributed by atoms with E-state index in [4.69, 9.17) is 4.74 Å². The van der Waals surface area contributed by atoms with Crippen LogP contribution in [0.3, 0.4) is 0 Å². The number of carbonyl (C=O) groups excluding carboxylic acids is 1. The van der Waals surface area contributed by atoms with Gasteiger partial charge in [0.15, 0.2) is 0 Å². The molecule has 0 aliphatic carbocycles. The standard InChI is InChI=1S/C11H15BrN2O3/c1-11(2,3)17-9(15)4-5-14-7-13-6-8(12)10(14)16/h6-7H,4-5H2,1-3H3. The molecular formula is C11H15BrN2O3. The van der Waals surface area contributed by atoms with E-state index in [1.165, 1.54) is 17.1 Å². The van der Waals surface area contributed by atoms with Crippen LogP contribution < -0.4 is 5.56 Å². The first-order valence-corrected chi connectivity index (χ1v) is 6.01. The number of aryl methyl sites for hydroxylation is 1. The second-order valence-corrected chi connectivity index (χ2v) is 5.43. The summed E-state index contributed by atoms with van der Waals surface area (Å²) in [6.07, 6.45) is 2.97. The number of aromatic nitrogens is 2. The fraction of sp³-hybridized carbons (Fsp3) is 0.545. The largest absolute Gasteiger partial charge is 0.460 e. The summed E-state index contributed by atoms with van der Waals surface area (Å²) in [6.45, 7) is 5.67. The van der Waals surface area contributed by atoms with Gasteiger partial charge in [-0.3, -0.25) is 14.2 Å². The average molecular weight is 303 g/mol. The van der Waals surface area contributed by atoms with Crippen molar-refractivity contribution in [3.8, 4) is 0 Å². The maximum Gasteiger partial charge on any atom is 0.308 e. The zero-order chi connectivity index (χ0) is 13.1. The van der Waals surface area contributed by atoms with Crippen LogP contribution in [-0.2, 0) is 16.1 Å². The van der Waals surface area contributed by atoms with E-state index < -0.39 is 5.60 Å². The van der Waals surface area contributed by atoms with Crippen molar-refractivity contribution in [3.05, 3.63) is 27.4 Å². The molecule has 0 saturated carbocycles. The topological polar surface area (TPSA) is 61.2 Å². The van der Waals surface area contributed by atoms with Crippen LogP contribution in [0.2, 0.25) is 0 Å². The number of hydrogen-bond acceptors (Lipinski definition) is 4. The quantitative estimate of drug-likeness (QED) is 0.798. The summed E-state index contributed by atoms with van der Waals surface area (Å²) in [5.41, 5.74) is -0.707. The molecule has 0 saturated heterocycles. The van der Waals surface area contributed by atoms with Gasteiger partial charge in [0.1, 0.15) is 10.1 Å². The van der Waals surface area contributed by atoms with Gasteiger partial charge in [-0.05, 0) is 36.7 Å². The lowest BCUT2D eigenvalue weighted by Gasteiger charge is -2.19. The molecule has 0 aliphatic rings. The molecule has 5 nitrogen and oxygen atoms in total. The normalized spacial score (nSPS) is 11.3. The highest BCUT2D eigenvalue weighted by atomic mass is 79.9. The van der Waals surface area contributed by atoms with Crippen LogP contribution in [0.4, 0.5) is 0 Å². The van der Waals surface area contributed by atoms with Crippen LogP contribution in [0.5, 0.6) is 0 Å². The lowest BCUT2D eigenvalue weighted by molar-refractivity contribution is -0.155. The summed E-state index contributed by atoms with van der Waals surface area (Å²) in [4.78, 5) is 26.9. The Bertz CT molecular complexity index is 463. The van der Waals surface area contributed by atoms with Crippen LogP contribution in [0.15, 0.2) is 21.8 Å². The maximum absolute atomic E-state index is 11.6. The van der Waals surface area contributed by atoms with E-state index in [0.29, 0.717) is 4.47 Å². The Labute approximate surface area is 108 Å². The average Bonchev–Trinajstić information content (AvgIpc) is 2.18. The van der Waals surface area contributed by atoms with Gasteiger partial charge < -0.3 is 4.74 Å². The molecule has 0 bridgehead atoms. The number of ether oxygens (including phenoxy) is 1. The number of carbonyl (C=O) groups is 1. The predicted molar refractivity (Wildman–Crippen MR) is 66.7 cm³/mol. The molecule has 1 aromatic heterocycles. The molecule has 0 N–H and O–H groups in total. The monoisotopic (exact) mass is 302 g/mol. The molecule has 1 heterocycles. The van der Waals surface area contributed by atoms with Crippen molar-refractivity contribution in [2.45, 2.75) is 39.3 Å². The summed E-state index contributed by atoms with van der Waals surface area (Å²) in [7, 11) is 0. The van der Waals surface area contributed by atoms with Crippen molar-refractivity contribution < 1.29 is 9.53 Å². The van der Waals surface area contributed by atoms with Gasteiger partial charge in [0.2, 0.25) is 0 Å². The summed E-state index contributed by atoms with van der Waals surface area (Å²) in [5.74, 6) is -0.329. The van der Waals surface area contributed by atoms with E-state index in [9.17, 15) is 9.59 Å². The molecular weight excluding hydrogens is 288 g/mol. The minimum absolute atomic E-state index is 0.148. The first-order chi connectivity index (χ1) is 7.79. The first kappa shape index (κ1) is 13.9. The molecule has 0 aromatic carbocycles. The lowest BCUT2D eigenvalue weighted by Crippen LogP contribution is -2.27. The van der Waals surface area contributed by atoms with Crippen molar-refractivity contribution >= 4 is 21.9 Å². The SMILES string of the molecule is CC(C)(C)OC(=O)CCn1cncc(Br)c1=O. The van der Waals surface area contributed by atoms with E-state index >= 15 is 0 Å². The Morgan fingerprint density at radius 3 is 2.76 bits per heavy atom. The number of nitrogens with zero attached hydrogens (tertiary/aromatic N) is 2. The van der Waals surface area contributed by atoms with Gasteiger partial charge in [0.25, 0.3) is 5.56 Å². The third-order valence-electron chi connectivity index (χ3n) is 1.84. The molecule has 17 heavy (non-hydrogen) atoms. The van der Waals surface area contributed by atoms with Gasteiger partial charge in [0.05, 0.1) is 12.7 Å². The van der Waals surface area contributed by atoms with E-state index in [1.54, 1.807) is 20.8 Å². The maximum atomic E-state index is 11.6. The molecule has 0 atom stereocenters. The molecule has 1 aromatic rings. The number of hydrogen-bond donors (Lipinski definition) is 0. The molecule has 0 amide bonds. The third kappa shape index (κ3) is 4.68. The minimum Gasteiger partial charge on any atom is -0.460 e. The van der Waals surface area contributed by atoms with Crippen LogP contribution in [-0.4, -0.2) is 21.1 Å². The van der Waals surface area contributed by atoms with E-state index in [2.05, 4.69) is 20.9 Å².